The summed E-state index contributed by atoms with van der Waals surface area (Å²) < 4.78 is 24.2. The van der Waals surface area contributed by atoms with Crippen molar-refractivity contribution in [1.29, 1.82) is 0 Å². The van der Waals surface area contributed by atoms with E-state index in [1.807, 2.05) is 25.7 Å². The minimum atomic E-state index is -0.598. The summed E-state index contributed by atoms with van der Waals surface area (Å²) in [6.45, 7) is 8.39. The fraction of sp³-hybridized carbons (Fsp3) is 0.579. The fourth-order valence-electron chi connectivity index (χ4n) is 3.00. The van der Waals surface area contributed by atoms with Crippen LogP contribution in [0.5, 0.6) is 5.75 Å². The zero-order chi connectivity index (χ0) is 19.5. The number of anilines is 1. The fourth-order valence-corrected chi connectivity index (χ4v) is 3.00. The number of halogens is 1. The highest BCUT2D eigenvalue weighted by atomic mass is 19.1. The Morgan fingerprint density at radius 1 is 1.27 bits per heavy atom. The zero-order valence-corrected chi connectivity index (χ0v) is 16.0. The molecule has 1 aliphatic rings. The third kappa shape index (κ3) is 5.09. The molecule has 0 aliphatic carbocycles. The first-order chi connectivity index (χ1) is 12.1. The Bertz CT molecular complexity index is 672. The molecule has 1 aliphatic heterocycles. The highest BCUT2D eigenvalue weighted by Crippen LogP contribution is 2.27. The molecule has 0 radical (unpaired) electrons. The molecule has 0 saturated carbocycles. The Morgan fingerprint density at radius 3 is 2.54 bits per heavy atom. The quantitative estimate of drug-likeness (QED) is 0.819. The normalized spacial score (nSPS) is 17.8. The summed E-state index contributed by atoms with van der Waals surface area (Å²) in [5.74, 6) is -0.258. The van der Waals surface area contributed by atoms with Crippen LogP contribution >= 0.6 is 0 Å². The van der Waals surface area contributed by atoms with Gasteiger partial charge in [0.15, 0.2) is 11.6 Å². The molecule has 1 aromatic rings. The van der Waals surface area contributed by atoms with Gasteiger partial charge in [-0.2, -0.15) is 0 Å². The molecule has 6 nitrogen and oxygen atoms in total. The molecule has 0 spiro atoms. The molecule has 0 bridgehead atoms. The van der Waals surface area contributed by atoms with Crippen LogP contribution < -0.4 is 9.64 Å². The first kappa shape index (κ1) is 20.0. The van der Waals surface area contributed by atoms with Crippen molar-refractivity contribution in [3.05, 3.63) is 24.0 Å². The lowest BCUT2D eigenvalue weighted by Gasteiger charge is -2.42. The Hall–Kier alpha value is -2.31. The van der Waals surface area contributed by atoms with Crippen LogP contribution in [0.15, 0.2) is 18.2 Å². The average Bonchev–Trinajstić information content (AvgIpc) is 2.53. The lowest BCUT2D eigenvalue weighted by molar-refractivity contribution is -0.118. The van der Waals surface area contributed by atoms with E-state index in [4.69, 9.17) is 9.47 Å². The molecule has 144 valence electrons. The van der Waals surface area contributed by atoms with Gasteiger partial charge in [0, 0.05) is 37.8 Å². The van der Waals surface area contributed by atoms with Crippen molar-refractivity contribution in [2.45, 2.75) is 45.8 Å². The lowest BCUT2D eigenvalue weighted by Crippen LogP contribution is -2.56. The van der Waals surface area contributed by atoms with E-state index in [2.05, 4.69) is 0 Å². The minimum Gasteiger partial charge on any atom is -0.494 e. The van der Waals surface area contributed by atoms with E-state index in [9.17, 15) is 14.0 Å². The molecule has 0 aromatic heterocycles. The third-order valence-electron chi connectivity index (χ3n) is 4.13. The summed E-state index contributed by atoms with van der Waals surface area (Å²) in [5, 5.41) is 0. The van der Waals surface area contributed by atoms with E-state index >= 15 is 0 Å². The van der Waals surface area contributed by atoms with E-state index in [0.717, 1.165) is 5.69 Å². The maximum absolute atomic E-state index is 13.7. The van der Waals surface area contributed by atoms with Crippen LogP contribution in [0, 0.1) is 5.82 Å². The number of piperazine rings is 1. The number of rotatable bonds is 4. The molecule has 1 amide bonds. The number of Topliss-reactive ketones (excluding diaryl/α,β-unsaturated/α-hetero) is 1. The van der Waals surface area contributed by atoms with Crippen molar-refractivity contribution < 1.29 is 23.5 Å². The molecule has 26 heavy (non-hydrogen) atoms. The smallest absolute Gasteiger partial charge is 0.410 e. The van der Waals surface area contributed by atoms with E-state index in [0.29, 0.717) is 19.6 Å². The number of benzene rings is 1. The van der Waals surface area contributed by atoms with E-state index < -0.39 is 17.5 Å². The third-order valence-corrected chi connectivity index (χ3v) is 4.13. The van der Waals surface area contributed by atoms with Crippen LogP contribution in [-0.2, 0) is 9.53 Å². The van der Waals surface area contributed by atoms with Crippen molar-refractivity contribution in [1.82, 2.24) is 4.90 Å². The van der Waals surface area contributed by atoms with Crippen molar-refractivity contribution in [2.24, 2.45) is 0 Å². The molecule has 1 fully saturated rings. The van der Waals surface area contributed by atoms with Crippen molar-refractivity contribution >= 4 is 17.6 Å². The number of nitrogens with zero attached hydrogens (tertiary/aromatic N) is 2. The van der Waals surface area contributed by atoms with Gasteiger partial charge in [0.1, 0.15) is 11.4 Å². The predicted octanol–water partition coefficient (Wildman–Crippen LogP) is 3.24. The zero-order valence-electron chi connectivity index (χ0n) is 16.0. The molecule has 0 unspecified atom stereocenters. The van der Waals surface area contributed by atoms with E-state index in [-0.39, 0.29) is 24.0 Å². The summed E-state index contributed by atoms with van der Waals surface area (Å²) in [4.78, 5) is 27.8. The highest BCUT2D eigenvalue weighted by molar-refractivity contribution is 5.78. The number of ketones is 1. The summed E-state index contributed by atoms with van der Waals surface area (Å²) in [5.41, 5.74) is 0.194. The van der Waals surface area contributed by atoms with Crippen LogP contribution in [0.4, 0.5) is 14.9 Å². The number of ether oxygens (including phenoxy) is 2. The van der Waals surface area contributed by atoms with Crippen molar-refractivity contribution in [3.8, 4) is 5.75 Å². The van der Waals surface area contributed by atoms with Gasteiger partial charge < -0.3 is 19.3 Å². The van der Waals surface area contributed by atoms with Gasteiger partial charge in [0.05, 0.1) is 13.2 Å². The average molecular weight is 366 g/mol. The van der Waals surface area contributed by atoms with Gasteiger partial charge in [-0.15, -0.1) is 0 Å². The van der Waals surface area contributed by atoms with Gasteiger partial charge >= 0.3 is 6.09 Å². The standard InChI is InChI=1S/C19H27FN2O4/c1-13(23)10-15-12-21(14-6-7-16(20)17(11-14)25-5)8-9-22(15)18(24)26-19(2,3)4/h6-7,11,15H,8-10,12H2,1-5H3/t15-/m0/s1. The first-order valence-electron chi connectivity index (χ1n) is 8.68. The molecule has 1 atom stereocenters. The van der Waals surface area contributed by atoms with Gasteiger partial charge in [0.25, 0.3) is 0 Å². The van der Waals surface area contributed by atoms with Gasteiger partial charge in [0.2, 0.25) is 0 Å². The molecule has 2 rings (SSSR count). The Balaban J connectivity index is 2.19. The monoisotopic (exact) mass is 366 g/mol. The number of methoxy groups -OCH3 is 1. The van der Waals surface area contributed by atoms with Gasteiger partial charge in [-0.05, 0) is 39.8 Å². The number of hydrogen-bond donors (Lipinski definition) is 0. The molecule has 7 heteroatoms. The largest absolute Gasteiger partial charge is 0.494 e. The Labute approximate surface area is 153 Å². The molecular weight excluding hydrogens is 339 g/mol. The van der Waals surface area contributed by atoms with Crippen LogP contribution in [0.1, 0.15) is 34.1 Å². The van der Waals surface area contributed by atoms with E-state index in [1.165, 1.54) is 20.1 Å². The Kier molecular flexibility index (Phi) is 6.10. The topological polar surface area (TPSA) is 59.1 Å². The minimum absolute atomic E-state index is 0.00194. The molecule has 1 heterocycles. The van der Waals surface area contributed by atoms with Gasteiger partial charge in [-0.25, -0.2) is 9.18 Å². The maximum atomic E-state index is 13.7. The van der Waals surface area contributed by atoms with E-state index in [1.54, 1.807) is 17.0 Å². The first-order valence-corrected chi connectivity index (χ1v) is 8.68. The van der Waals surface area contributed by atoms with Crippen LogP contribution in [0.25, 0.3) is 0 Å². The lowest BCUT2D eigenvalue weighted by atomic mass is 10.1. The van der Waals surface area contributed by atoms with Gasteiger partial charge in [-0.3, -0.25) is 4.79 Å². The molecule has 0 N–H and O–H groups in total. The molecule has 1 aromatic carbocycles. The second-order valence-electron chi connectivity index (χ2n) is 7.50. The van der Waals surface area contributed by atoms with Gasteiger partial charge in [-0.1, -0.05) is 0 Å². The predicted molar refractivity (Wildman–Crippen MR) is 97.2 cm³/mol. The second-order valence-corrected chi connectivity index (χ2v) is 7.50. The molecule has 1 saturated heterocycles. The Morgan fingerprint density at radius 2 is 1.96 bits per heavy atom. The number of hydrogen-bond acceptors (Lipinski definition) is 5. The summed E-state index contributed by atoms with van der Waals surface area (Å²) >= 11 is 0. The summed E-state index contributed by atoms with van der Waals surface area (Å²) in [6.07, 6.45) is -0.172. The van der Waals surface area contributed by atoms with Crippen molar-refractivity contribution in [2.75, 3.05) is 31.6 Å². The summed E-state index contributed by atoms with van der Waals surface area (Å²) in [6, 6.07) is 4.36. The SMILES string of the molecule is COc1cc(N2CCN(C(=O)OC(C)(C)C)[C@@H](CC(C)=O)C2)ccc1F. The number of carbonyl (C=O) groups excluding carboxylic acids is 2. The number of carbonyl (C=O) groups is 2. The second kappa shape index (κ2) is 7.93. The molecular formula is C19H27FN2O4. The summed E-state index contributed by atoms with van der Waals surface area (Å²) in [7, 11) is 1.42. The van der Waals surface area contributed by atoms with Crippen LogP contribution in [-0.4, -0.2) is 55.2 Å². The number of amides is 1. The van der Waals surface area contributed by atoms with Crippen LogP contribution in [0.3, 0.4) is 0 Å². The van der Waals surface area contributed by atoms with Crippen LogP contribution in [0.2, 0.25) is 0 Å². The van der Waals surface area contributed by atoms with Crippen molar-refractivity contribution in [3.63, 3.8) is 0 Å². The maximum Gasteiger partial charge on any atom is 0.410 e. The highest BCUT2D eigenvalue weighted by Gasteiger charge is 2.34.